The van der Waals surface area contributed by atoms with Crippen molar-refractivity contribution in [2.24, 2.45) is 0 Å². The summed E-state index contributed by atoms with van der Waals surface area (Å²) in [5.74, 6) is 1.80. The highest BCUT2D eigenvalue weighted by molar-refractivity contribution is 5.95. The maximum absolute atomic E-state index is 12.8. The van der Waals surface area contributed by atoms with Gasteiger partial charge in [0, 0.05) is 23.5 Å². The summed E-state index contributed by atoms with van der Waals surface area (Å²) >= 11 is 0. The van der Waals surface area contributed by atoms with Gasteiger partial charge in [-0.25, -0.2) is 4.98 Å². The molecule has 9 heteroatoms. The lowest BCUT2D eigenvalue weighted by atomic mass is 9.85. The number of rotatable bonds is 6. The van der Waals surface area contributed by atoms with Gasteiger partial charge < -0.3 is 14.8 Å². The van der Waals surface area contributed by atoms with Crippen molar-refractivity contribution >= 4 is 11.7 Å². The zero-order valence-electron chi connectivity index (χ0n) is 20.9. The minimum absolute atomic E-state index is 0.0153. The fourth-order valence-corrected chi connectivity index (χ4v) is 4.48. The summed E-state index contributed by atoms with van der Waals surface area (Å²) in [7, 11) is 1.61. The summed E-state index contributed by atoms with van der Waals surface area (Å²) in [4.78, 5) is 17.5. The first-order chi connectivity index (χ1) is 17.3. The number of anilines is 1. The Morgan fingerprint density at radius 3 is 2.58 bits per heavy atom. The van der Waals surface area contributed by atoms with Crippen molar-refractivity contribution in [2.75, 3.05) is 12.4 Å². The van der Waals surface area contributed by atoms with Crippen LogP contribution in [0.2, 0.25) is 0 Å². The van der Waals surface area contributed by atoms with Crippen LogP contribution in [0.25, 0.3) is 17.2 Å². The molecule has 0 unspecified atom stereocenters. The molecule has 0 spiro atoms. The summed E-state index contributed by atoms with van der Waals surface area (Å²) in [6.45, 7) is 7.89. The SMILES string of the molecule is COc1cc([C@H]2CC(=O)Nc3c2c(C)nn3-c2nncc(-c3ccc(C)cc3)n2)ccc1OC(C)C. The standard InChI is InChI=1S/C27H28N6O3/c1-15(2)36-22-11-10-19(12-23(22)35-5)20-13-24(34)30-26-25(20)17(4)32-33(26)27-29-21(14-28-31-27)18-8-6-16(3)7-9-18/h6-12,14-15,20H,13H2,1-5H3,(H,30,34)/t20-/m1/s1. The number of hydrogen-bond donors (Lipinski definition) is 1. The molecule has 0 bridgehead atoms. The molecule has 1 N–H and O–H groups in total. The molecule has 1 atom stereocenters. The van der Waals surface area contributed by atoms with Crippen molar-refractivity contribution in [1.82, 2.24) is 25.0 Å². The fraction of sp³-hybridized carbons (Fsp3) is 0.296. The molecule has 1 aliphatic heterocycles. The van der Waals surface area contributed by atoms with Crippen LogP contribution in [-0.2, 0) is 4.79 Å². The molecule has 36 heavy (non-hydrogen) atoms. The smallest absolute Gasteiger partial charge is 0.272 e. The highest BCUT2D eigenvalue weighted by Gasteiger charge is 2.34. The minimum atomic E-state index is -0.210. The van der Waals surface area contributed by atoms with E-state index >= 15 is 0 Å². The zero-order valence-corrected chi connectivity index (χ0v) is 20.9. The Morgan fingerprint density at radius 2 is 1.86 bits per heavy atom. The first kappa shape index (κ1) is 23.5. The van der Waals surface area contributed by atoms with Crippen molar-refractivity contribution in [1.29, 1.82) is 0 Å². The molecular weight excluding hydrogens is 456 g/mol. The van der Waals surface area contributed by atoms with Crippen molar-refractivity contribution in [3.63, 3.8) is 0 Å². The van der Waals surface area contributed by atoms with Crippen LogP contribution in [-0.4, -0.2) is 44.1 Å². The molecule has 0 radical (unpaired) electrons. The molecule has 4 aromatic rings. The lowest BCUT2D eigenvalue weighted by Gasteiger charge is -2.25. The number of hydrogen-bond acceptors (Lipinski definition) is 7. The predicted molar refractivity (Wildman–Crippen MR) is 136 cm³/mol. The zero-order chi connectivity index (χ0) is 25.4. The molecule has 0 saturated heterocycles. The molecule has 2 aromatic heterocycles. The molecular formula is C27H28N6O3. The average Bonchev–Trinajstić information content (AvgIpc) is 3.20. The van der Waals surface area contributed by atoms with Crippen LogP contribution in [0.3, 0.4) is 0 Å². The Hall–Kier alpha value is -4.27. The van der Waals surface area contributed by atoms with Crippen molar-refractivity contribution in [2.45, 2.75) is 46.1 Å². The fourth-order valence-electron chi connectivity index (χ4n) is 4.48. The third-order valence-electron chi connectivity index (χ3n) is 6.14. The van der Waals surface area contributed by atoms with E-state index in [1.165, 1.54) is 0 Å². The summed E-state index contributed by atoms with van der Waals surface area (Å²) in [5.41, 5.74) is 5.39. The summed E-state index contributed by atoms with van der Waals surface area (Å²) < 4.78 is 13.0. The van der Waals surface area contributed by atoms with E-state index in [0.717, 1.165) is 27.9 Å². The molecule has 0 aliphatic carbocycles. The number of ether oxygens (including phenoxy) is 2. The molecule has 9 nitrogen and oxygen atoms in total. The third-order valence-corrected chi connectivity index (χ3v) is 6.14. The van der Waals surface area contributed by atoms with Gasteiger partial charge in [-0.05, 0) is 45.4 Å². The minimum Gasteiger partial charge on any atom is -0.493 e. The molecule has 5 rings (SSSR count). The largest absolute Gasteiger partial charge is 0.493 e. The number of benzene rings is 2. The van der Waals surface area contributed by atoms with Gasteiger partial charge in [-0.2, -0.15) is 14.9 Å². The predicted octanol–water partition coefficient (Wildman–Crippen LogP) is 4.61. The second-order valence-corrected chi connectivity index (χ2v) is 9.15. The van der Waals surface area contributed by atoms with Crippen molar-refractivity contribution < 1.29 is 14.3 Å². The molecule has 3 heterocycles. The van der Waals surface area contributed by atoms with E-state index in [1.807, 2.05) is 70.2 Å². The Kier molecular flexibility index (Phi) is 6.13. The van der Waals surface area contributed by atoms with Gasteiger partial charge in [0.1, 0.15) is 5.82 Å². The van der Waals surface area contributed by atoms with E-state index in [-0.39, 0.29) is 30.3 Å². The lowest BCUT2D eigenvalue weighted by Crippen LogP contribution is -2.25. The van der Waals surface area contributed by atoms with Gasteiger partial charge in [0.15, 0.2) is 11.5 Å². The van der Waals surface area contributed by atoms with E-state index in [2.05, 4.69) is 15.5 Å². The van der Waals surface area contributed by atoms with Crippen LogP contribution >= 0.6 is 0 Å². The topological polar surface area (TPSA) is 104 Å². The van der Waals surface area contributed by atoms with Crippen LogP contribution in [0.15, 0.2) is 48.7 Å². The molecule has 0 fully saturated rings. The Labute approximate surface area is 209 Å². The average molecular weight is 485 g/mol. The second kappa shape index (κ2) is 9.41. The molecule has 184 valence electrons. The van der Waals surface area contributed by atoms with Crippen LogP contribution in [0.1, 0.15) is 48.6 Å². The first-order valence-corrected chi connectivity index (χ1v) is 11.8. The number of carbonyl (C=O) groups is 1. The first-order valence-electron chi connectivity index (χ1n) is 11.8. The van der Waals surface area contributed by atoms with Crippen molar-refractivity contribution in [3.05, 3.63) is 71.0 Å². The lowest BCUT2D eigenvalue weighted by molar-refractivity contribution is -0.116. The normalized spacial score (nSPS) is 14.9. The highest BCUT2D eigenvalue weighted by atomic mass is 16.5. The maximum atomic E-state index is 12.8. The Morgan fingerprint density at radius 1 is 1.08 bits per heavy atom. The number of carbonyl (C=O) groups excluding carboxylic acids is 1. The van der Waals surface area contributed by atoms with E-state index in [1.54, 1.807) is 18.0 Å². The van der Waals surface area contributed by atoms with E-state index < -0.39 is 0 Å². The van der Waals surface area contributed by atoms with Crippen LogP contribution in [0, 0.1) is 13.8 Å². The number of aromatic nitrogens is 5. The molecule has 1 aliphatic rings. The Balaban J connectivity index is 1.57. The molecule has 1 amide bonds. The third kappa shape index (κ3) is 4.39. The van der Waals surface area contributed by atoms with Gasteiger partial charge >= 0.3 is 0 Å². The van der Waals surface area contributed by atoms with E-state index in [0.29, 0.717) is 23.0 Å². The van der Waals surface area contributed by atoms with Crippen LogP contribution in [0.4, 0.5) is 5.82 Å². The highest BCUT2D eigenvalue weighted by Crippen LogP contribution is 2.42. The monoisotopic (exact) mass is 484 g/mol. The number of nitrogens with zero attached hydrogens (tertiary/aromatic N) is 5. The van der Waals surface area contributed by atoms with Crippen LogP contribution < -0.4 is 14.8 Å². The molecule has 2 aromatic carbocycles. The van der Waals surface area contributed by atoms with Crippen molar-refractivity contribution in [3.8, 4) is 28.7 Å². The van der Waals surface area contributed by atoms with Gasteiger partial charge in [0.05, 0.1) is 30.8 Å². The van der Waals surface area contributed by atoms with Gasteiger partial charge in [-0.3, -0.25) is 4.79 Å². The van der Waals surface area contributed by atoms with Crippen LogP contribution in [0.5, 0.6) is 11.5 Å². The number of nitrogens with one attached hydrogen (secondary N) is 1. The number of fused-ring (bicyclic) bond motifs is 1. The molecule has 0 saturated carbocycles. The second-order valence-electron chi connectivity index (χ2n) is 9.15. The maximum Gasteiger partial charge on any atom is 0.272 e. The van der Waals surface area contributed by atoms with Gasteiger partial charge in [-0.15, -0.1) is 5.10 Å². The number of methoxy groups -OCH3 is 1. The Bertz CT molecular complexity index is 1430. The van der Waals surface area contributed by atoms with Gasteiger partial charge in [0.25, 0.3) is 5.95 Å². The van der Waals surface area contributed by atoms with E-state index in [9.17, 15) is 4.79 Å². The quantitative estimate of drug-likeness (QED) is 0.426. The number of amides is 1. The van der Waals surface area contributed by atoms with E-state index in [4.69, 9.17) is 19.6 Å². The summed E-state index contributed by atoms with van der Waals surface area (Å²) in [6.07, 6.45) is 1.92. The van der Waals surface area contributed by atoms with Gasteiger partial charge in [0.2, 0.25) is 5.91 Å². The van der Waals surface area contributed by atoms with Gasteiger partial charge in [-0.1, -0.05) is 35.9 Å². The summed E-state index contributed by atoms with van der Waals surface area (Å²) in [6, 6.07) is 13.8. The number of aryl methyl sites for hydroxylation is 2. The summed E-state index contributed by atoms with van der Waals surface area (Å²) in [5, 5.41) is 16.0.